The third-order valence-corrected chi connectivity index (χ3v) is 7.53. The summed E-state index contributed by atoms with van der Waals surface area (Å²) in [6.07, 6.45) is 0.870. The Morgan fingerprint density at radius 2 is 1.55 bits per heavy atom. The van der Waals surface area contributed by atoms with E-state index in [1.165, 1.54) is 0 Å². The molecule has 1 aliphatic carbocycles. The molecule has 0 saturated carbocycles. The average molecular weight is 541 g/mol. The van der Waals surface area contributed by atoms with Crippen LogP contribution < -0.4 is 24.8 Å². The highest BCUT2D eigenvalue weighted by Gasteiger charge is 2.41. The summed E-state index contributed by atoms with van der Waals surface area (Å²) in [4.78, 5) is 27.7. The van der Waals surface area contributed by atoms with Gasteiger partial charge in [0.25, 0.3) is 5.91 Å². The maximum absolute atomic E-state index is 13.9. The summed E-state index contributed by atoms with van der Waals surface area (Å²) in [5.74, 6) is 0.816. The Labute approximate surface area is 233 Å². The van der Waals surface area contributed by atoms with E-state index in [4.69, 9.17) is 14.2 Å². The largest absolute Gasteiger partial charge is 0.508 e. The van der Waals surface area contributed by atoms with Gasteiger partial charge in [-0.3, -0.25) is 9.59 Å². The summed E-state index contributed by atoms with van der Waals surface area (Å²) in [6.45, 7) is 1.85. The fraction of sp³-hybridized carbons (Fsp3) is 0.250. The lowest BCUT2D eigenvalue weighted by Crippen LogP contribution is -2.37. The Bertz CT molecular complexity index is 1520. The van der Waals surface area contributed by atoms with Gasteiger partial charge in [0.1, 0.15) is 11.5 Å². The molecule has 5 rings (SSSR count). The third kappa shape index (κ3) is 5.00. The van der Waals surface area contributed by atoms with Crippen LogP contribution in [0.25, 0.3) is 0 Å². The number of rotatable bonds is 7. The summed E-state index contributed by atoms with van der Waals surface area (Å²) in [5.41, 5.74) is 4.70. The van der Waals surface area contributed by atoms with E-state index >= 15 is 0 Å². The first-order valence-electron chi connectivity index (χ1n) is 13.0. The number of ketones is 1. The van der Waals surface area contributed by atoms with Crippen LogP contribution in [0.1, 0.15) is 42.7 Å². The van der Waals surface area contributed by atoms with Crippen molar-refractivity contribution >= 4 is 17.4 Å². The van der Waals surface area contributed by atoms with Crippen LogP contribution in [0.5, 0.6) is 23.0 Å². The van der Waals surface area contributed by atoms with Gasteiger partial charge in [0.05, 0.1) is 27.0 Å². The SMILES string of the molecule is COc1ccccc1NC(=O)C1=C(C)NC2=C(C(=O)C[C@H](c3ccc(OC)c(OC)c3)C2)[C@@H]1c1ccc(O)cc1. The van der Waals surface area contributed by atoms with Crippen LogP contribution in [0, 0.1) is 0 Å². The number of dihydropyridines is 1. The molecule has 0 bridgehead atoms. The van der Waals surface area contributed by atoms with Gasteiger partial charge in [-0.1, -0.05) is 30.3 Å². The Morgan fingerprint density at radius 1 is 0.875 bits per heavy atom. The standard InChI is InChI=1S/C32H32N2O6/c1-18-29(32(37)34-23-7-5-6-8-26(23)38-2)30(19-9-12-22(35)13-10-19)31-24(33-18)15-21(16-25(31)36)20-11-14-27(39-3)28(17-20)40-4/h5-14,17,21,30,33,35H,15-16H2,1-4H3,(H,34,37)/t21-,30-/m1/s1. The van der Waals surface area contributed by atoms with E-state index in [1.54, 1.807) is 57.7 Å². The number of nitrogens with one attached hydrogen (secondary N) is 2. The third-order valence-electron chi connectivity index (χ3n) is 7.53. The van der Waals surface area contributed by atoms with E-state index < -0.39 is 5.92 Å². The van der Waals surface area contributed by atoms with Crippen molar-refractivity contribution in [3.05, 3.63) is 100 Å². The van der Waals surface area contributed by atoms with Gasteiger partial charge in [-0.15, -0.1) is 0 Å². The van der Waals surface area contributed by atoms with E-state index in [-0.39, 0.29) is 29.8 Å². The van der Waals surface area contributed by atoms with Crippen LogP contribution in [0.3, 0.4) is 0 Å². The van der Waals surface area contributed by atoms with Crippen molar-refractivity contribution in [3.8, 4) is 23.0 Å². The molecule has 3 aromatic carbocycles. The molecule has 3 N–H and O–H groups in total. The van der Waals surface area contributed by atoms with Crippen molar-refractivity contribution in [1.29, 1.82) is 0 Å². The normalized spacial score (nSPS) is 18.6. The Hall–Kier alpha value is -4.72. The van der Waals surface area contributed by atoms with E-state index in [2.05, 4.69) is 10.6 Å². The zero-order valence-electron chi connectivity index (χ0n) is 22.9. The Kier molecular flexibility index (Phi) is 7.51. The first-order valence-corrected chi connectivity index (χ1v) is 13.0. The van der Waals surface area contributed by atoms with Crippen LogP contribution in [0.2, 0.25) is 0 Å². The Morgan fingerprint density at radius 3 is 2.25 bits per heavy atom. The highest BCUT2D eigenvalue weighted by molar-refractivity contribution is 6.10. The number of ether oxygens (including phenoxy) is 3. The number of phenols is 1. The first kappa shape index (κ1) is 26.9. The lowest BCUT2D eigenvalue weighted by molar-refractivity contribution is -0.116. The highest BCUT2D eigenvalue weighted by Crippen LogP contribution is 2.46. The quantitative estimate of drug-likeness (QED) is 0.368. The number of aromatic hydroxyl groups is 1. The molecular weight excluding hydrogens is 508 g/mol. The van der Waals surface area contributed by atoms with E-state index in [1.807, 2.05) is 37.3 Å². The predicted octanol–water partition coefficient (Wildman–Crippen LogP) is 5.42. The van der Waals surface area contributed by atoms with Gasteiger partial charge < -0.3 is 30.0 Å². The molecule has 0 spiro atoms. The number of benzene rings is 3. The molecule has 1 amide bonds. The van der Waals surface area contributed by atoms with Crippen molar-refractivity contribution in [2.75, 3.05) is 26.6 Å². The minimum atomic E-state index is -0.606. The second-order valence-corrected chi connectivity index (χ2v) is 9.88. The van der Waals surface area contributed by atoms with Crippen LogP contribution in [-0.2, 0) is 9.59 Å². The zero-order valence-corrected chi connectivity index (χ0v) is 22.9. The second kappa shape index (κ2) is 11.2. The summed E-state index contributed by atoms with van der Waals surface area (Å²) < 4.78 is 16.3. The molecule has 0 fully saturated rings. The molecule has 206 valence electrons. The predicted molar refractivity (Wildman–Crippen MR) is 152 cm³/mol. The molecule has 0 aromatic heterocycles. The number of para-hydroxylation sites is 2. The number of allylic oxidation sites excluding steroid dienone is 3. The number of carbonyl (C=O) groups is 2. The molecule has 1 heterocycles. The van der Waals surface area contributed by atoms with Crippen LogP contribution in [0.15, 0.2) is 89.3 Å². The minimum absolute atomic E-state index is 0.0401. The van der Waals surface area contributed by atoms with Gasteiger partial charge in [0.15, 0.2) is 17.3 Å². The maximum atomic E-state index is 13.9. The monoisotopic (exact) mass is 540 g/mol. The molecule has 3 aromatic rings. The minimum Gasteiger partial charge on any atom is -0.508 e. The lowest BCUT2D eigenvalue weighted by Gasteiger charge is -2.37. The molecule has 8 heteroatoms. The zero-order chi connectivity index (χ0) is 28.4. The van der Waals surface area contributed by atoms with Crippen LogP contribution in [0.4, 0.5) is 5.69 Å². The van der Waals surface area contributed by atoms with Gasteiger partial charge in [0, 0.05) is 34.9 Å². The number of Topliss-reactive ketones (excluding diaryl/α,β-unsaturated/α-hetero) is 1. The summed E-state index contributed by atoms with van der Waals surface area (Å²) in [6, 6.07) is 19.6. The molecule has 2 atom stereocenters. The number of hydrogen-bond acceptors (Lipinski definition) is 7. The lowest BCUT2D eigenvalue weighted by atomic mass is 9.71. The summed E-state index contributed by atoms with van der Waals surface area (Å²) in [7, 11) is 4.72. The molecule has 40 heavy (non-hydrogen) atoms. The fourth-order valence-electron chi connectivity index (χ4n) is 5.62. The van der Waals surface area contributed by atoms with Gasteiger partial charge in [-0.2, -0.15) is 0 Å². The number of carbonyl (C=O) groups excluding carboxylic acids is 2. The van der Waals surface area contributed by atoms with Crippen molar-refractivity contribution < 1.29 is 28.9 Å². The summed E-state index contributed by atoms with van der Waals surface area (Å²) in [5, 5.41) is 16.3. The maximum Gasteiger partial charge on any atom is 0.254 e. The second-order valence-electron chi connectivity index (χ2n) is 9.88. The van der Waals surface area contributed by atoms with Crippen LogP contribution >= 0.6 is 0 Å². The summed E-state index contributed by atoms with van der Waals surface area (Å²) >= 11 is 0. The average Bonchev–Trinajstić information content (AvgIpc) is 2.96. The van der Waals surface area contributed by atoms with Gasteiger partial charge in [-0.05, 0) is 66.8 Å². The highest BCUT2D eigenvalue weighted by atomic mass is 16.5. The molecule has 2 aliphatic rings. The number of methoxy groups -OCH3 is 3. The Balaban J connectivity index is 1.54. The molecule has 0 unspecified atom stereocenters. The fourth-order valence-corrected chi connectivity index (χ4v) is 5.62. The van der Waals surface area contributed by atoms with E-state index in [0.717, 1.165) is 16.8 Å². The van der Waals surface area contributed by atoms with E-state index in [9.17, 15) is 14.7 Å². The van der Waals surface area contributed by atoms with Crippen molar-refractivity contribution in [1.82, 2.24) is 5.32 Å². The van der Waals surface area contributed by atoms with Crippen LogP contribution in [-0.4, -0.2) is 38.1 Å². The number of anilines is 1. The number of phenolic OH excluding ortho intramolecular Hbond substituents is 1. The number of hydrogen-bond donors (Lipinski definition) is 3. The molecule has 0 radical (unpaired) electrons. The molecular formula is C32H32N2O6. The van der Waals surface area contributed by atoms with Crippen molar-refractivity contribution in [2.24, 2.45) is 0 Å². The van der Waals surface area contributed by atoms with Gasteiger partial charge >= 0.3 is 0 Å². The smallest absolute Gasteiger partial charge is 0.254 e. The van der Waals surface area contributed by atoms with Gasteiger partial charge in [-0.25, -0.2) is 0 Å². The number of amides is 1. The van der Waals surface area contributed by atoms with Gasteiger partial charge in [0.2, 0.25) is 0 Å². The van der Waals surface area contributed by atoms with Crippen molar-refractivity contribution in [3.63, 3.8) is 0 Å². The molecule has 0 saturated heterocycles. The molecule has 8 nitrogen and oxygen atoms in total. The van der Waals surface area contributed by atoms with Crippen molar-refractivity contribution in [2.45, 2.75) is 31.6 Å². The molecule has 1 aliphatic heterocycles. The first-order chi connectivity index (χ1) is 19.3. The topological polar surface area (TPSA) is 106 Å². The van der Waals surface area contributed by atoms with E-state index in [0.29, 0.717) is 46.2 Å².